The average Bonchev–Trinajstić information content (AvgIpc) is 3.58. The minimum atomic E-state index is -0.754. The van der Waals surface area contributed by atoms with Gasteiger partial charge in [0.2, 0.25) is 11.8 Å². The Kier molecular flexibility index (Phi) is 6.22. The van der Waals surface area contributed by atoms with Gasteiger partial charge in [-0.15, -0.1) is 0 Å². The minimum absolute atomic E-state index is 0.0372. The highest BCUT2D eigenvalue weighted by molar-refractivity contribution is 6.31. The second kappa shape index (κ2) is 9.31. The summed E-state index contributed by atoms with van der Waals surface area (Å²) in [6.45, 7) is 0.612. The van der Waals surface area contributed by atoms with Crippen LogP contribution in [0.25, 0.3) is 22.6 Å². The van der Waals surface area contributed by atoms with E-state index in [9.17, 15) is 14.0 Å². The highest BCUT2D eigenvalue weighted by atomic mass is 35.5. The number of oxazole rings is 1. The van der Waals surface area contributed by atoms with Crippen LogP contribution in [0.3, 0.4) is 0 Å². The van der Waals surface area contributed by atoms with Gasteiger partial charge in [-0.25, -0.2) is 14.4 Å². The van der Waals surface area contributed by atoms with Crippen LogP contribution < -0.4 is 5.32 Å². The number of nitrogens with zero attached hydrogens (tertiary/aromatic N) is 3. The molecule has 2 aromatic heterocycles. The second-order valence-corrected chi connectivity index (χ2v) is 9.21. The number of rotatable bonds is 5. The van der Waals surface area contributed by atoms with Crippen LogP contribution in [0.5, 0.6) is 0 Å². The molecule has 1 saturated heterocycles. The second-order valence-electron chi connectivity index (χ2n) is 8.78. The number of fused-ring (bicyclic) bond motifs is 1. The number of ether oxygens (including phenoxy) is 1. The van der Waals surface area contributed by atoms with Crippen molar-refractivity contribution in [1.29, 1.82) is 0 Å². The van der Waals surface area contributed by atoms with Gasteiger partial charge in [-0.05, 0) is 50.3 Å². The first-order valence-corrected chi connectivity index (χ1v) is 11.7. The molecule has 34 heavy (non-hydrogen) atoms. The fourth-order valence-electron chi connectivity index (χ4n) is 4.59. The quantitative estimate of drug-likeness (QED) is 0.586. The van der Waals surface area contributed by atoms with Gasteiger partial charge in [0.25, 0.3) is 5.91 Å². The number of halogens is 2. The molecule has 3 heterocycles. The maximum absolute atomic E-state index is 14.9. The molecular weight excluding hydrogens is 463 g/mol. The third-order valence-corrected chi connectivity index (χ3v) is 6.72. The number of carbonyl (C=O) groups is 2. The summed E-state index contributed by atoms with van der Waals surface area (Å²) < 4.78 is 26.0. The van der Waals surface area contributed by atoms with Gasteiger partial charge in [0, 0.05) is 43.0 Å². The first kappa shape index (κ1) is 22.7. The van der Waals surface area contributed by atoms with E-state index < -0.39 is 11.7 Å². The summed E-state index contributed by atoms with van der Waals surface area (Å²) >= 11 is 5.97. The van der Waals surface area contributed by atoms with E-state index in [2.05, 4.69) is 15.3 Å². The zero-order chi connectivity index (χ0) is 23.8. The number of pyridine rings is 1. The van der Waals surface area contributed by atoms with Gasteiger partial charge < -0.3 is 19.4 Å². The summed E-state index contributed by atoms with van der Waals surface area (Å²) in [7, 11) is 1.64. The van der Waals surface area contributed by atoms with Crippen molar-refractivity contribution < 1.29 is 23.1 Å². The lowest BCUT2D eigenvalue weighted by Gasteiger charge is -2.25. The zero-order valence-electron chi connectivity index (χ0n) is 18.6. The van der Waals surface area contributed by atoms with Crippen molar-refractivity contribution in [2.24, 2.45) is 0 Å². The number of carbonyl (C=O) groups excluding carboxylic acids is 2. The predicted octanol–water partition coefficient (Wildman–Crippen LogP) is 3.97. The van der Waals surface area contributed by atoms with Gasteiger partial charge >= 0.3 is 0 Å². The third kappa shape index (κ3) is 4.50. The summed E-state index contributed by atoms with van der Waals surface area (Å²) in [5, 5.41) is 3.52. The molecule has 2 fully saturated rings. The molecule has 2 amide bonds. The van der Waals surface area contributed by atoms with E-state index in [0.717, 1.165) is 19.3 Å². The molecule has 1 saturated carbocycles. The Hall–Kier alpha value is -3.04. The molecule has 178 valence electrons. The van der Waals surface area contributed by atoms with Crippen LogP contribution in [0.4, 0.5) is 4.39 Å². The molecular formula is C24H24ClFN4O4. The van der Waals surface area contributed by atoms with Crippen LogP contribution in [0.1, 0.15) is 42.6 Å². The summed E-state index contributed by atoms with van der Waals surface area (Å²) in [5.41, 5.74) is 1.12. The Bertz CT molecular complexity index is 1240. The topological polar surface area (TPSA) is 97.6 Å². The minimum Gasteiger partial charge on any atom is -0.436 e. The lowest BCUT2D eigenvalue weighted by Crippen LogP contribution is -2.42. The van der Waals surface area contributed by atoms with Gasteiger partial charge in [-0.1, -0.05) is 11.6 Å². The monoisotopic (exact) mass is 486 g/mol. The molecule has 1 aliphatic carbocycles. The number of aromatic nitrogens is 2. The Morgan fingerprint density at radius 2 is 2.09 bits per heavy atom. The van der Waals surface area contributed by atoms with E-state index in [1.54, 1.807) is 25.2 Å². The van der Waals surface area contributed by atoms with Crippen LogP contribution >= 0.6 is 11.6 Å². The molecule has 2 aliphatic rings. The maximum Gasteiger partial charge on any atom is 0.275 e. The van der Waals surface area contributed by atoms with Gasteiger partial charge in [0.15, 0.2) is 17.1 Å². The molecule has 8 nitrogen and oxygen atoms in total. The Balaban J connectivity index is 1.25. The smallest absolute Gasteiger partial charge is 0.275 e. The number of benzene rings is 1. The van der Waals surface area contributed by atoms with Crippen molar-refractivity contribution in [3.63, 3.8) is 0 Å². The molecule has 0 bridgehead atoms. The predicted molar refractivity (Wildman–Crippen MR) is 123 cm³/mol. The normalized spacial score (nSPS) is 22.3. The fourth-order valence-corrected chi connectivity index (χ4v) is 4.75. The first-order valence-electron chi connectivity index (χ1n) is 11.3. The molecule has 1 aromatic carbocycles. The van der Waals surface area contributed by atoms with E-state index in [-0.39, 0.29) is 35.7 Å². The molecule has 3 aromatic rings. The van der Waals surface area contributed by atoms with Crippen molar-refractivity contribution in [2.45, 2.75) is 50.3 Å². The van der Waals surface area contributed by atoms with E-state index in [1.165, 1.54) is 17.2 Å². The van der Waals surface area contributed by atoms with Gasteiger partial charge in [-0.2, -0.15) is 0 Å². The Morgan fingerprint density at radius 3 is 2.85 bits per heavy atom. The van der Waals surface area contributed by atoms with E-state index in [1.807, 2.05) is 0 Å². The maximum atomic E-state index is 14.9. The molecule has 10 heteroatoms. The van der Waals surface area contributed by atoms with Gasteiger partial charge in [-0.3, -0.25) is 9.59 Å². The highest BCUT2D eigenvalue weighted by Crippen LogP contribution is 2.28. The van der Waals surface area contributed by atoms with E-state index in [0.29, 0.717) is 41.1 Å². The molecule has 0 radical (unpaired) electrons. The van der Waals surface area contributed by atoms with Crippen molar-refractivity contribution in [3.8, 4) is 11.5 Å². The van der Waals surface area contributed by atoms with Crippen LogP contribution in [0.2, 0.25) is 5.02 Å². The highest BCUT2D eigenvalue weighted by Gasteiger charge is 2.34. The fraction of sp³-hybridized carbons (Fsp3) is 0.417. The van der Waals surface area contributed by atoms with Crippen LogP contribution in [-0.4, -0.2) is 58.5 Å². The number of hydrogen-bond donors (Lipinski definition) is 1. The van der Waals surface area contributed by atoms with Crippen LogP contribution in [0.15, 0.2) is 34.9 Å². The van der Waals surface area contributed by atoms with E-state index >= 15 is 0 Å². The van der Waals surface area contributed by atoms with Crippen LogP contribution in [-0.2, 0) is 9.53 Å². The average molecular weight is 487 g/mol. The number of hydrogen-bond acceptors (Lipinski definition) is 6. The van der Waals surface area contributed by atoms with Crippen molar-refractivity contribution in [3.05, 3.63) is 47.0 Å². The van der Waals surface area contributed by atoms with Crippen LogP contribution in [0, 0.1) is 5.82 Å². The standard InChI is InChI=1S/C24H24ClFN4O4/c1-30(16-6-5-15(11-16)28-22(31)19-3-2-8-33-19)24(32)21-17(26)9-13(12-27-21)23-29-18-7-4-14(25)10-20(18)34-23/h4,7,9-10,12,15-16,19H,2-3,5-6,8,11H2,1H3,(H,28,31)/t15-,16+,19?/m0/s1. The number of amides is 2. The Morgan fingerprint density at radius 1 is 1.24 bits per heavy atom. The summed E-state index contributed by atoms with van der Waals surface area (Å²) in [5.74, 6) is -1.17. The first-order chi connectivity index (χ1) is 16.4. The largest absolute Gasteiger partial charge is 0.436 e. The van der Waals surface area contributed by atoms with Gasteiger partial charge in [0.1, 0.15) is 11.6 Å². The molecule has 5 rings (SSSR count). The van der Waals surface area contributed by atoms with Gasteiger partial charge in [0.05, 0.1) is 5.56 Å². The molecule has 1 unspecified atom stereocenters. The Labute approximate surface area is 200 Å². The van der Waals surface area contributed by atoms with Crippen molar-refractivity contribution in [1.82, 2.24) is 20.2 Å². The molecule has 3 atom stereocenters. The number of nitrogens with one attached hydrogen (secondary N) is 1. The molecule has 0 spiro atoms. The zero-order valence-corrected chi connectivity index (χ0v) is 19.3. The third-order valence-electron chi connectivity index (χ3n) is 6.48. The molecule has 1 N–H and O–H groups in total. The van der Waals surface area contributed by atoms with Crippen molar-refractivity contribution in [2.75, 3.05) is 13.7 Å². The summed E-state index contributed by atoms with van der Waals surface area (Å²) in [4.78, 5) is 35.2. The van der Waals surface area contributed by atoms with E-state index in [4.69, 9.17) is 20.8 Å². The SMILES string of the molecule is CN(C(=O)c1ncc(-c2nc3ccc(Cl)cc3o2)cc1F)[C@@H]1CC[C@H](NC(=O)C2CCCO2)C1. The van der Waals surface area contributed by atoms with Crippen molar-refractivity contribution >= 4 is 34.5 Å². The summed E-state index contributed by atoms with van der Waals surface area (Å²) in [6, 6.07) is 6.06. The molecule has 1 aliphatic heterocycles. The lowest BCUT2D eigenvalue weighted by atomic mass is 10.1. The lowest BCUT2D eigenvalue weighted by molar-refractivity contribution is -0.130. The summed E-state index contributed by atoms with van der Waals surface area (Å²) in [6.07, 6.45) is 4.68.